The van der Waals surface area contributed by atoms with Crippen LogP contribution in [0.3, 0.4) is 0 Å². The van der Waals surface area contributed by atoms with Crippen LogP contribution in [0.2, 0.25) is 0 Å². The molecule has 0 saturated carbocycles. The van der Waals surface area contributed by atoms with Gasteiger partial charge in [0.25, 0.3) is 0 Å². The molecular weight excluding hydrogens is 176 g/mol. The Morgan fingerprint density at radius 2 is 2.36 bits per heavy atom. The first-order chi connectivity index (χ1) is 6.77. The van der Waals surface area contributed by atoms with Crippen molar-refractivity contribution in [1.82, 2.24) is 0 Å². The molecule has 1 atom stereocenters. The topological polar surface area (TPSA) is 26.3 Å². The highest BCUT2D eigenvalue weighted by molar-refractivity contribution is 6.07. The quantitative estimate of drug-likeness (QED) is 0.672. The van der Waals surface area contributed by atoms with Gasteiger partial charge in [-0.2, -0.15) is 0 Å². The fourth-order valence-electron chi connectivity index (χ4n) is 1.91. The van der Waals surface area contributed by atoms with Crippen LogP contribution >= 0.6 is 0 Å². The molecule has 14 heavy (non-hydrogen) atoms. The molecule has 2 rings (SSSR count). The monoisotopic (exact) mass is 192 g/mol. The molecule has 0 fully saturated rings. The van der Waals surface area contributed by atoms with E-state index in [2.05, 4.69) is 13.0 Å². The zero-order valence-electron chi connectivity index (χ0n) is 8.58. The van der Waals surface area contributed by atoms with E-state index >= 15 is 0 Å². The van der Waals surface area contributed by atoms with Crippen LogP contribution in [0.1, 0.15) is 32.6 Å². The van der Waals surface area contributed by atoms with E-state index in [1.165, 1.54) is 0 Å². The first kappa shape index (κ1) is 9.50. The van der Waals surface area contributed by atoms with Crippen LogP contribution < -0.4 is 0 Å². The molecule has 1 unspecified atom stereocenters. The summed E-state index contributed by atoms with van der Waals surface area (Å²) in [7, 11) is 0. The van der Waals surface area contributed by atoms with Crippen LogP contribution in [0, 0.1) is 5.92 Å². The fraction of sp³-hybridized carbons (Fsp3) is 0.583. The maximum Gasteiger partial charge on any atom is 0.222 e. The SMILES string of the molecule is CC1CC=C(C(=O)C2=CCCO2)CC1. The molecule has 0 amide bonds. The van der Waals surface area contributed by atoms with Gasteiger partial charge in [-0.15, -0.1) is 0 Å². The zero-order chi connectivity index (χ0) is 9.97. The van der Waals surface area contributed by atoms with Crippen LogP contribution in [0.25, 0.3) is 0 Å². The molecule has 0 radical (unpaired) electrons. The summed E-state index contributed by atoms with van der Waals surface area (Å²) in [5.41, 5.74) is 0.955. The van der Waals surface area contributed by atoms with Crippen molar-refractivity contribution in [1.29, 1.82) is 0 Å². The third kappa shape index (κ3) is 1.89. The van der Waals surface area contributed by atoms with Crippen LogP contribution in [0.5, 0.6) is 0 Å². The largest absolute Gasteiger partial charge is 0.489 e. The molecule has 1 aliphatic heterocycles. The van der Waals surface area contributed by atoms with E-state index in [9.17, 15) is 4.79 Å². The Hall–Kier alpha value is -1.05. The molecule has 2 nitrogen and oxygen atoms in total. The van der Waals surface area contributed by atoms with Gasteiger partial charge in [0.2, 0.25) is 5.78 Å². The van der Waals surface area contributed by atoms with E-state index in [4.69, 9.17) is 4.74 Å². The Labute approximate surface area is 84.6 Å². The number of Topliss-reactive ketones (excluding diaryl/α,β-unsaturated/α-hetero) is 1. The summed E-state index contributed by atoms with van der Waals surface area (Å²) in [4.78, 5) is 11.8. The number of allylic oxidation sites excluding steroid dienone is 2. The minimum absolute atomic E-state index is 0.120. The van der Waals surface area contributed by atoms with Crippen molar-refractivity contribution in [2.24, 2.45) is 5.92 Å². The highest BCUT2D eigenvalue weighted by atomic mass is 16.5. The zero-order valence-corrected chi connectivity index (χ0v) is 8.58. The van der Waals surface area contributed by atoms with Crippen molar-refractivity contribution in [2.45, 2.75) is 32.6 Å². The van der Waals surface area contributed by atoms with Crippen molar-refractivity contribution in [2.75, 3.05) is 6.61 Å². The average molecular weight is 192 g/mol. The van der Waals surface area contributed by atoms with Crippen molar-refractivity contribution in [3.05, 3.63) is 23.5 Å². The first-order valence-electron chi connectivity index (χ1n) is 5.34. The number of carbonyl (C=O) groups excluding carboxylic acids is 1. The van der Waals surface area contributed by atoms with Crippen molar-refractivity contribution in [3.63, 3.8) is 0 Å². The Kier molecular flexibility index (Phi) is 2.71. The summed E-state index contributed by atoms with van der Waals surface area (Å²) in [6.07, 6.45) is 7.95. The van der Waals surface area contributed by atoms with Gasteiger partial charge in [0.05, 0.1) is 6.61 Å². The molecule has 0 aromatic heterocycles. The molecule has 76 valence electrons. The van der Waals surface area contributed by atoms with E-state index < -0.39 is 0 Å². The molecule has 0 aromatic rings. The standard InChI is InChI=1S/C12H16O2/c1-9-4-6-10(7-5-9)12(13)11-3-2-8-14-11/h3,6,9H,2,4-5,7-8H2,1H3. The van der Waals surface area contributed by atoms with E-state index in [1.54, 1.807) is 0 Å². The van der Waals surface area contributed by atoms with E-state index in [0.29, 0.717) is 12.4 Å². The third-order valence-electron chi connectivity index (χ3n) is 2.89. The second-order valence-corrected chi connectivity index (χ2v) is 4.14. The predicted octanol–water partition coefficient (Wildman–Crippen LogP) is 2.61. The number of ketones is 1. The molecule has 2 heteroatoms. The normalized spacial score (nSPS) is 26.5. The molecule has 1 heterocycles. The lowest BCUT2D eigenvalue weighted by atomic mass is 9.89. The highest BCUT2D eigenvalue weighted by Crippen LogP contribution is 2.26. The van der Waals surface area contributed by atoms with Crippen molar-refractivity contribution >= 4 is 5.78 Å². The third-order valence-corrected chi connectivity index (χ3v) is 2.89. The van der Waals surface area contributed by atoms with Crippen LogP contribution in [0.15, 0.2) is 23.5 Å². The smallest absolute Gasteiger partial charge is 0.222 e. The predicted molar refractivity (Wildman–Crippen MR) is 54.8 cm³/mol. The average Bonchev–Trinajstić information content (AvgIpc) is 2.71. The summed E-state index contributed by atoms with van der Waals surface area (Å²) < 4.78 is 5.27. The van der Waals surface area contributed by atoms with Crippen LogP contribution in [-0.4, -0.2) is 12.4 Å². The first-order valence-corrected chi connectivity index (χ1v) is 5.34. The lowest BCUT2D eigenvalue weighted by molar-refractivity contribution is -0.115. The summed E-state index contributed by atoms with van der Waals surface area (Å²) in [6, 6.07) is 0. The minimum atomic E-state index is 0.120. The van der Waals surface area contributed by atoms with Gasteiger partial charge >= 0.3 is 0 Å². The van der Waals surface area contributed by atoms with Gasteiger partial charge < -0.3 is 4.74 Å². The van der Waals surface area contributed by atoms with E-state index in [1.807, 2.05) is 6.08 Å². The summed E-state index contributed by atoms with van der Waals surface area (Å²) in [5.74, 6) is 1.42. The number of carbonyl (C=O) groups is 1. The van der Waals surface area contributed by atoms with Gasteiger partial charge in [0, 0.05) is 6.42 Å². The van der Waals surface area contributed by atoms with Gasteiger partial charge in [-0.05, 0) is 36.8 Å². The van der Waals surface area contributed by atoms with Gasteiger partial charge in [-0.3, -0.25) is 4.79 Å². The molecule has 0 aromatic carbocycles. The fourth-order valence-corrected chi connectivity index (χ4v) is 1.91. The number of hydrogen-bond acceptors (Lipinski definition) is 2. The Morgan fingerprint density at radius 1 is 1.50 bits per heavy atom. The van der Waals surface area contributed by atoms with Gasteiger partial charge in [-0.1, -0.05) is 13.0 Å². The summed E-state index contributed by atoms with van der Waals surface area (Å²) in [5, 5.41) is 0. The number of ether oxygens (including phenoxy) is 1. The number of hydrogen-bond donors (Lipinski definition) is 0. The van der Waals surface area contributed by atoms with E-state index in [-0.39, 0.29) is 5.78 Å². The van der Waals surface area contributed by atoms with Gasteiger partial charge in [-0.25, -0.2) is 0 Å². The van der Waals surface area contributed by atoms with Crippen molar-refractivity contribution in [3.8, 4) is 0 Å². The number of rotatable bonds is 2. The minimum Gasteiger partial charge on any atom is -0.489 e. The lowest BCUT2D eigenvalue weighted by Crippen LogP contribution is -2.12. The van der Waals surface area contributed by atoms with Crippen LogP contribution in [0.4, 0.5) is 0 Å². The second kappa shape index (κ2) is 3.99. The van der Waals surface area contributed by atoms with Gasteiger partial charge in [0.1, 0.15) is 0 Å². The maximum atomic E-state index is 11.8. The molecular formula is C12H16O2. The van der Waals surface area contributed by atoms with Crippen LogP contribution in [-0.2, 0) is 9.53 Å². The van der Waals surface area contributed by atoms with Crippen molar-refractivity contribution < 1.29 is 9.53 Å². The molecule has 0 spiro atoms. The Balaban J connectivity index is 2.04. The molecule has 0 N–H and O–H groups in total. The Bertz CT molecular complexity index is 299. The molecule has 2 aliphatic rings. The lowest BCUT2D eigenvalue weighted by Gasteiger charge is -2.17. The maximum absolute atomic E-state index is 11.8. The second-order valence-electron chi connectivity index (χ2n) is 4.14. The Morgan fingerprint density at radius 3 is 2.93 bits per heavy atom. The summed E-state index contributed by atoms with van der Waals surface area (Å²) >= 11 is 0. The van der Waals surface area contributed by atoms with E-state index in [0.717, 1.165) is 37.2 Å². The highest BCUT2D eigenvalue weighted by Gasteiger charge is 2.21. The molecule has 1 aliphatic carbocycles. The molecule has 0 bridgehead atoms. The summed E-state index contributed by atoms with van der Waals surface area (Å²) in [6.45, 7) is 2.90. The van der Waals surface area contributed by atoms with Gasteiger partial charge in [0.15, 0.2) is 5.76 Å². The molecule has 0 saturated heterocycles.